The van der Waals surface area contributed by atoms with Gasteiger partial charge < -0.3 is 15.4 Å². The third-order valence-corrected chi connectivity index (χ3v) is 5.83. The fraction of sp³-hybridized carbons (Fsp3) is 0.562. The zero-order valence-electron chi connectivity index (χ0n) is 13.7. The van der Waals surface area contributed by atoms with E-state index in [-0.39, 0.29) is 28.6 Å². The monoisotopic (exact) mass is 353 g/mol. The Bertz CT molecular complexity index is 710. The normalized spacial score (nSPS) is 20.8. The van der Waals surface area contributed by atoms with Crippen molar-refractivity contribution in [2.75, 3.05) is 20.2 Å². The van der Waals surface area contributed by atoms with Crippen LogP contribution in [0.1, 0.15) is 36.0 Å². The molecular weight excluding hydrogens is 330 g/mol. The Morgan fingerprint density at radius 1 is 1.33 bits per heavy atom. The predicted molar refractivity (Wildman–Crippen MR) is 89.7 cm³/mol. The van der Waals surface area contributed by atoms with Gasteiger partial charge in [0.2, 0.25) is 10.0 Å². The molecule has 1 aliphatic heterocycles. The first-order valence-corrected chi connectivity index (χ1v) is 9.70. The molecule has 0 spiro atoms. The third-order valence-electron chi connectivity index (χ3n) is 4.29. The van der Waals surface area contributed by atoms with Crippen molar-refractivity contribution in [1.29, 1.82) is 0 Å². The highest BCUT2D eigenvalue weighted by atomic mass is 32.2. The third kappa shape index (κ3) is 4.06. The van der Waals surface area contributed by atoms with Gasteiger partial charge in [-0.1, -0.05) is 0 Å². The molecule has 1 aromatic rings. The van der Waals surface area contributed by atoms with Crippen molar-refractivity contribution < 1.29 is 17.9 Å². The van der Waals surface area contributed by atoms with Gasteiger partial charge in [0, 0.05) is 24.2 Å². The van der Waals surface area contributed by atoms with Crippen molar-refractivity contribution in [2.45, 2.75) is 42.7 Å². The van der Waals surface area contributed by atoms with Gasteiger partial charge in [-0.3, -0.25) is 4.79 Å². The first-order valence-electron chi connectivity index (χ1n) is 8.21. The minimum atomic E-state index is -3.69. The molecule has 1 amide bonds. The highest BCUT2D eigenvalue weighted by Gasteiger charge is 2.30. The first-order chi connectivity index (χ1) is 11.5. The highest BCUT2D eigenvalue weighted by molar-refractivity contribution is 7.89. The lowest BCUT2D eigenvalue weighted by Crippen LogP contribution is -2.37. The van der Waals surface area contributed by atoms with Crippen LogP contribution in [-0.4, -0.2) is 46.6 Å². The average molecular weight is 353 g/mol. The molecular formula is C16H23N3O4S. The smallest absolute Gasteiger partial charge is 0.251 e. The lowest BCUT2D eigenvalue weighted by Gasteiger charge is -2.14. The van der Waals surface area contributed by atoms with Crippen molar-refractivity contribution in [3.05, 3.63) is 23.8 Å². The Kier molecular flexibility index (Phi) is 5.07. The van der Waals surface area contributed by atoms with E-state index in [0.717, 1.165) is 32.2 Å². The number of ether oxygens (including phenoxy) is 1. The molecule has 1 heterocycles. The first kappa shape index (κ1) is 17.2. The van der Waals surface area contributed by atoms with Crippen LogP contribution in [0, 0.1) is 0 Å². The number of sulfonamides is 1. The fourth-order valence-electron chi connectivity index (χ4n) is 2.76. The molecule has 1 aliphatic carbocycles. The quantitative estimate of drug-likeness (QED) is 0.668. The molecule has 0 bridgehead atoms. The summed E-state index contributed by atoms with van der Waals surface area (Å²) in [6.07, 6.45) is 3.83. The van der Waals surface area contributed by atoms with E-state index in [9.17, 15) is 13.2 Å². The fourth-order valence-corrected chi connectivity index (χ4v) is 4.26. The van der Waals surface area contributed by atoms with Gasteiger partial charge in [0.15, 0.2) is 0 Å². The highest BCUT2D eigenvalue weighted by Crippen LogP contribution is 2.28. The van der Waals surface area contributed by atoms with Gasteiger partial charge in [0.05, 0.1) is 7.11 Å². The Morgan fingerprint density at radius 2 is 2.12 bits per heavy atom. The molecule has 3 rings (SSSR count). The van der Waals surface area contributed by atoms with Crippen LogP contribution < -0.4 is 20.1 Å². The molecule has 1 saturated carbocycles. The van der Waals surface area contributed by atoms with E-state index in [1.165, 1.54) is 19.2 Å². The second-order valence-corrected chi connectivity index (χ2v) is 7.95. The van der Waals surface area contributed by atoms with E-state index < -0.39 is 10.0 Å². The summed E-state index contributed by atoms with van der Waals surface area (Å²) < 4.78 is 32.7. The van der Waals surface area contributed by atoms with E-state index in [1.54, 1.807) is 6.07 Å². The Labute approximate surface area is 142 Å². The van der Waals surface area contributed by atoms with Crippen molar-refractivity contribution in [3.63, 3.8) is 0 Å². The number of hydrogen-bond donors (Lipinski definition) is 3. The van der Waals surface area contributed by atoms with E-state index >= 15 is 0 Å². The van der Waals surface area contributed by atoms with Crippen LogP contribution in [0.2, 0.25) is 0 Å². The predicted octanol–water partition coefficient (Wildman–Crippen LogP) is 0.618. The number of rotatable bonds is 7. The SMILES string of the molecule is COc1ccc(C(=O)NCC2CCCN2)cc1S(=O)(=O)NC1CC1. The summed E-state index contributed by atoms with van der Waals surface area (Å²) in [5, 5.41) is 6.16. The number of nitrogens with one attached hydrogen (secondary N) is 3. The summed E-state index contributed by atoms with van der Waals surface area (Å²) in [6, 6.07) is 4.75. The van der Waals surface area contributed by atoms with Crippen LogP contribution >= 0.6 is 0 Å². The summed E-state index contributed by atoms with van der Waals surface area (Å²) in [4.78, 5) is 12.3. The maximum Gasteiger partial charge on any atom is 0.251 e. The molecule has 0 aromatic heterocycles. The number of methoxy groups -OCH3 is 1. The zero-order valence-corrected chi connectivity index (χ0v) is 14.5. The molecule has 7 nitrogen and oxygen atoms in total. The summed E-state index contributed by atoms with van der Waals surface area (Å²) >= 11 is 0. The van der Waals surface area contributed by atoms with Crippen LogP contribution in [0.5, 0.6) is 5.75 Å². The molecule has 2 fully saturated rings. The van der Waals surface area contributed by atoms with Gasteiger partial charge in [-0.05, 0) is 50.4 Å². The number of benzene rings is 1. The Hall–Kier alpha value is -1.64. The van der Waals surface area contributed by atoms with E-state index in [0.29, 0.717) is 12.1 Å². The molecule has 1 unspecified atom stereocenters. The minimum absolute atomic E-state index is 0.00328. The molecule has 0 radical (unpaired) electrons. The molecule has 1 saturated heterocycles. The molecule has 3 N–H and O–H groups in total. The average Bonchev–Trinajstić information content (AvgIpc) is 3.22. The lowest BCUT2D eigenvalue weighted by atomic mass is 10.2. The van der Waals surface area contributed by atoms with Crippen LogP contribution in [-0.2, 0) is 10.0 Å². The van der Waals surface area contributed by atoms with Crippen LogP contribution in [0.15, 0.2) is 23.1 Å². The molecule has 24 heavy (non-hydrogen) atoms. The second-order valence-electron chi connectivity index (χ2n) is 6.26. The zero-order chi connectivity index (χ0) is 17.2. The molecule has 1 aromatic carbocycles. The lowest BCUT2D eigenvalue weighted by molar-refractivity contribution is 0.0950. The van der Waals surface area contributed by atoms with Crippen molar-refractivity contribution in [3.8, 4) is 5.75 Å². The topological polar surface area (TPSA) is 96.5 Å². The van der Waals surface area contributed by atoms with Gasteiger partial charge in [-0.25, -0.2) is 13.1 Å². The molecule has 132 valence electrons. The van der Waals surface area contributed by atoms with E-state index in [2.05, 4.69) is 15.4 Å². The Balaban J connectivity index is 1.75. The number of carbonyl (C=O) groups excluding carboxylic acids is 1. The minimum Gasteiger partial charge on any atom is -0.495 e. The standard InChI is InChI=1S/C16H23N3O4S/c1-23-14-7-4-11(16(20)18-10-13-3-2-8-17-13)9-15(14)24(21,22)19-12-5-6-12/h4,7,9,12-13,17,19H,2-3,5-6,8,10H2,1H3,(H,18,20). The summed E-state index contributed by atoms with van der Waals surface area (Å²) in [5.74, 6) is -0.0496. The van der Waals surface area contributed by atoms with Crippen molar-refractivity contribution >= 4 is 15.9 Å². The second kappa shape index (κ2) is 7.08. The maximum atomic E-state index is 12.5. The van der Waals surface area contributed by atoms with Crippen molar-refractivity contribution in [2.24, 2.45) is 0 Å². The number of hydrogen-bond acceptors (Lipinski definition) is 5. The Morgan fingerprint density at radius 3 is 2.75 bits per heavy atom. The number of carbonyl (C=O) groups is 1. The van der Waals surface area contributed by atoms with Gasteiger partial charge in [0.25, 0.3) is 5.91 Å². The van der Waals surface area contributed by atoms with Gasteiger partial charge >= 0.3 is 0 Å². The summed E-state index contributed by atoms with van der Waals surface area (Å²) in [5.41, 5.74) is 0.310. The summed E-state index contributed by atoms with van der Waals surface area (Å²) in [7, 11) is -2.28. The number of amides is 1. The van der Waals surface area contributed by atoms with Gasteiger partial charge in [0.1, 0.15) is 10.6 Å². The van der Waals surface area contributed by atoms with Crippen LogP contribution in [0.25, 0.3) is 0 Å². The van der Waals surface area contributed by atoms with Gasteiger partial charge in [-0.2, -0.15) is 0 Å². The molecule has 1 atom stereocenters. The van der Waals surface area contributed by atoms with Gasteiger partial charge in [-0.15, -0.1) is 0 Å². The van der Waals surface area contributed by atoms with E-state index in [4.69, 9.17) is 4.74 Å². The van der Waals surface area contributed by atoms with E-state index in [1.807, 2.05) is 0 Å². The maximum absolute atomic E-state index is 12.5. The van der Waals surface area contributed by atoms with Crippen LogP contribution in [0.4, 0.5) is 0 Å². The molecule has 2 aliphatic rings. The van der Waals surface area contributed by atoms with Crippen LogP contribution in [0.3, 0.4) is 0 Å². The van der Waals surface area contributed by atoms with Crippen molar-refractivity contribution in [1.82, 2.24) is 15.4 Å². The largest absolute Gasteiger partial charge is 0.495 e. The molecule has 8 heteroatoms. The summed E-state index contributed by atoms with van der Waals surface area (Å²) in [6.45, 7) is 1.51.